The monoisotopic (exact) mass is 588 g/mol. The highest BCUT2D eigenvalue weighted by Gasteiger charge is 2.15. The van der Waals surface area contributed by atoms with E-state index in [0.29, 0.717) is 33.5 Å². The molecule has 1 N–H and O–H groups in total. The number of esters is 2. The molecule has 0 bridgehead atoms. The van der Waals surface area contributed by atoms with E-state index >= 15 is 0 Å². The molecule has 8 nitrogen and oxygen atoms in total. The van der Waals surface area contributed by atoms with E-state index in [1.807, 2.05) is 0 Å². The third-order valence-electron chi connectivity index (χ3n) is 5.41. The molecule has 0 aliphatic carbocycles. The van der Waals surface area contributed by atoms with Crippen LogP contribution in [0.3, 0.4) is 0 Å². The first-order valence-electron chi connectivity index (χ1n) is 12.1. The van der Waals surface area contributed by atoms with E-state index in [1.54, 1.807) is 54.6 Å². The summed E-state index contributed by atoms with van der Waals surface area (Å²) in [5.74, 6) is -1.04. The van der Waals surface area contributed by atoms with E-state index in [4.69, 9.17) is 37.4 Å². The predicted molar refractivity (Wildman–Crippen MR) is 156 cm³/mol. The maximum absolute atomic E-state index is 12.8. The molecule has 0 unspecified atom stereocenters. The molecule has 0 aliphatic heterocycles. The quantitative estimate of drug-likeness (QED) is 0.0721. The molecule has 0 radical (unpaired) electrons. The molecule has 0 saturated carbocycles. The molecule has 41 heavy (non-hydrogen) atoms. The van der Waals surface area contributed by atoms with Crippen LogP contribution in [0.1, 0.15) is 36.6 Å². The number of halogens is 2. The van der Waals surface area contributed by atoms with Crippen molar-refractivity contribution >= 4 is 47.3 Å². The van der Waals surface area contributed by atoms with E-state index in [9.17, 15) is 14.4 Å². The van der Waals surface area contributed by atoms with E-state index < -0.39 is 17.8 Å². The van der Waals surface area contributed by atoms with E-state index in [2.05, 4.69) is 17.1 Å². The smallest absolute Gasteiger partial charge is 0.343 e. The third kappa shape index (κ3) is 8.28. The van der Waals surface area contributed by atoms with Crippen molar-refractivity contribution in [2.75, 3.05) is 6.61 Å². The Balaban J connectivity index is 1.52. The lowest BCUT2D eigenvalue weighted by Crippen LogP contribution is -2.17. The number of hydrogen-bond donors (Lipinski definition) is 1. The van der Waals surface area contributed by atoms with Crippen LogP contribution >= 0.6 is 23.2 Å². The van der Waals surface area contributed by atoms with Crippen LogP contribution in [0, 0.1) is 0 Å². The van der Waals surface area contributed by atoms with Crippen LogP contribution in [0.25, 0.3) is 0 Å². The number of hydrogen-bond acceptors (Lipinski definition) is 7. The Labute approximate surface area is 245 Å². The summed E-state index contributed by atoms with van der Waals surface area (Å²) in [6.07, 6.45) is 2.92. The largest absolute Gasteiger partial charge is 0.490 e. The molecule has 10 heteroatoms. The standard InChI is InChI=1S/C31H22Cl2N2O6/c1-2-17-39-26-14-7-20(8-15-26)29(36)35-34-19-23-9-16-27(40-30(37)21-3-10-24(32)11-4-21)18-28(23)41-31(38)22-5-12-25(33)13-6-22/h2-16,18-19H,1,17H2,(H,35,36)/b34-19-. The number of carbonyl (C=O) groups excluding carboxylic acids is 3. The van der Waals surface area contributed by atoms with E-state index in [1.165, 1.54) is 48.7 Å². The number of hydrazone groups is 1. The summed E-state index contributed by atoms with van der Waals surface area (Å²) >= 11 is 11.8. The highest BCUT2D eigenvalue weighted by atomic mass is 35.5. The Morgan fingerprint density at radius 1 is 0.732 bits per heavy atom. The molecule has 4 aromatic carbocycles. The SMILES string of the molecule is C=CCOc1ccc(C(=O)N/N=C\c2ccc(OC(=O)c3ccc(Cl)cc3)cc2OC(=O)c2ccc(Cl)cc2)cc1. The van der Waals surface area contributed by atoms with Crippen LogP contribution in [0.4, 0.5) is 0 Å². The topological polar surface area (TPSA) is 103 Å². The summed E-state index contributed by atoms with van der Waals surface area (Å²) in [5, 5.41) is 4.92. The van der Waals surface area contributed by atoms with Crippen LogP contribution in [-0.2, 0) is 0 Å². The maximum Gasteiger partial charge on any atom is 0.343 e. The van der Waals surface area contributed by atoms with Crippen molar-refractivity contribution < 1.29 is 28.6 Å². The van der Waals surface area contributed by atoms with Gasteiger partial charge in [-0.3, -0.25) is 4.79 Å². The van der Waals surface area contributed by atoms with E-state index in [0.717, 1.165) is 0 Å². The Morgan fingerprint density at radius 3 is 1.85 bits per heavy atom. The molecule has 4 rings (SSSR count). The fraction of sp³-hybridized carbons (Fsp3) is 0.0323. The van der Waals surface area contributed by atoms with Gasteiger partial charge in [-0.25, -0.2) is 15.0 Å². The molecule has 0 spiro atoms. The lowest BCUT2D eigenvalue weighted by molar-refractivity contribution is 0.0732. The van der Waals surface area contributed by atoms with Gasteiger partial charge in [0.2, 0.25) is 0 Å². The van der Waals surface area contributed by atoms with Gasteiger partial charge in [-0.2, -0.15) is 5.10 Å². The van der Waals surface area contributed by atoms with Gasteiger partial charge < -0.3 is 14.2 Å². The Bertz CT molecular complexity index is 1580. The molecular weight excluding hydrogens is 567 g/mol. The molecule has 0 aromatic heterocycles. The first-order valence-corrected chi connectivity index (χ1v) is 12.8. The van der Waals surface area contributed by atoms with Crippen molar-refractivity contribution in [3.63, 3.8) is 0 Å². The zero-order valence-corrected chi connectivity index (χ0v) is 22.9. The van der Waals surface area contributed by atoms with Crippen molar-refractivity contribution in [1.29, 1.82) is 0 Å². The van der Waals surface area contributed by atoms with Crippen LogP contribution in [0.5, 0.6) is 17.2 Å². The van der Waals surface area contributed by atoms with Crippen molar-refractivity contribution in [2.24, 2.45) is 5.10 Å². The van der Waals surface area contributed by atoms with Gasteiger partial charge >= 0.3 is 11.9 Å². The number of amides is 1. The molecule has 0 saturated heterocycles. The molecule has 1 amide bonds. The minimum Gasteiger partial charge on any atom is -0.490 e. The van der Waals surface area contributed by atoms with Crippen molar-refractivity contribution in [3.8, 4) is 17.2 Å². The molecule has 4 aromatic rings. The van der Waals surface area contributed by atoms with Crippen LogP contribution in [0.15, 0.2) is 109 Å². The van der Waals surface area contributed by atoms with Crippen LogP contribution in [-0.4, -0.2) is 30.7 Å². The number of rotatable bonds is 10. The Hall–Kier alpha value is -4.92. The molecule has 0 fully saturated rings. The van der Waals surface area contributed by atoms with Gasteiger partial charge in [-0.15, -0.1) is 0 Å². The minimum absolute atomic E-state index is 0.0353. The summed E-state index contributed by atoms with van der Waals surface area (Å²) in [6.45, 7) is 3.94. The summed E-state index contributed by atoms with van der Waals surface area (Å²) in [7, 11) is 0. The summed E-state index contributed by atoms with van der Waals surface area (Å²) in [4.78, 5) is 37.9. The van der Waals surface area contributed by atoms with Crippen LogP contribution in [0.2, 0.25) is 10.0 Å². The molecule has 0 heterocycles. The summed E-state index contributed by atoms with van der Waals surface area (Å²) < 4.78 is 16.5. The second kappa shape index (κ2) is 13.9. The van der Waals surface area contributed by atoms with Gasteiger partial charge in [-0.05, 0) is 84.9 Å². The fourth-order valence-electron chi connectivity index (χ4n) is 3.35. The summed E-state index contributed by atoms with van der Waals surface area (Å²) in [6, 6.07) is 23.2. The number of carbonyl (C=O) groups is 3. The second-order valence-electron chi connectivity index (χ2n) is 8.32. The number of benzene rings is 4. The van der Waals surface area contributed by atoms with Crippen molar-refractivity contribution in [1.82, 2.24) is 5.43 Å². The van der Waals surface area contributed by atoms with Gasteiger partial charge in [0.15, 0.2) is 0 Å². The van der Waals surface area contributed by atoms with Gasteiger partial charge in [0, 0.05) is 27.2 Å². The average molecular weight is 589 g/mol. The van der Waals surface area contributed by atoms with Gasteiger partial charge in [0.05, 0.1) is 17.3 Å². The lowest BCUT2D eigenvalue weighted by atomic mass is 10.2. The third-order valence-corrected chi connectivity index (χ3v) is 5.92. The normalized spacial score (nSPS) is 10.6. The molecule has 0 atom stereocenters. The Morgan fingerprint density at radius 2 is 1.27 bits per heavy atom. The van der Waals surface area contributed by atoms with Crippen molar-refractivity contribution in [3.05, 3.63) is 136 Å². The first kappa shape index (κ1) is 29.1. The first-order chi connectivity index (χ1) is 19.8. The highest BCUT2D eigenvalue weighted by molar-refractivity contribution is 6.31. The average Bonchev–Trinajstić information content (AvgIpc) is 2.98. The van der Waals surface area contributed by atoms with E-state index in [-0.39, 0.29) is 22.6 Å². The summed E-state index contributed by atoms with van der Waals surface area (Å²) in [5.41, 5.74) is 3.63. The zero-order chi connectivity index (χ0) is 29.2. The fourth-order valence-corrected chi connectivity index (χ4v) is 3.60. The lowest BCUT2D eigenvalue weighted by Gasteiger charge is -2.11. The van der Waals surface area contributed by atoms with Gasteiger partial charge in [-0.1, -0.05) is 35.9 Å². The molecule has 0 aliphatic rings. The number of nitrogens with one attached hydrogen (secondary N) is 1. The second-order valence-corrected chi connectivity index (χ2v) is 9.19. The minimum atomic E-state index is -0.680. The highest BCUT2D eigenvalue weighted by Crippen LogP contribution is 2.26. The number of ether oxygens (including phenoxy) is 3. The maximum atomic E-state index is 12.8. The van der Waals surface area contributed by atoms with Crippen LogP contribution < -0.4 is 19.6 Å². The predicted octanol–water partition coefficient (Wildman–Crippen LogP) is 6.76. The number of nitrogens with zero attached hydrogens (tertiary/aromatic N) is 1. The Kier molecular flexibility index (Phi) is 9.88. The zero-order valence-electron chi connectivity index (χ0n) is 21.4. The van der Waals surface area contributed by atoms with Crippen molar-refractivity contribution in [2.45, 2.75) is 0 Å². The van der Waals surface area contributed by atoms with Gasteiger partial charge in [0.25, 0.3) is 5.91 Å². The molecule has 206 valence electrons. The van der Waals surface area contributed by atoms with Gasteiger partial charge in [0.1, 0.15) is 23.9 Å². The molecular formula is C31H22Cl2N2O6.